The topological polar surface area (TPSA) is 98.1 Å². The number of carbonyl (C=O) groups excluding carboxylic acids is 1. The number of hydrogen-bond acceptors (Lipinski definition) is 6. The molecular weight excluding hydrogens is 290 g/mol. The Hall–Kier alpha value is -2.47. The van der Waals surface area contributed by atoms with Crippen LogP contribution in [-0.2, 0) is 0 Å². The number of nitrogens with zero attached hydrogens (tertiary/aromatic N) is 3. The van der Waals surface area contributed by atoms with Crippen molar-refractivity contribution in [3.63, 3.8) is 0 Å². The Bertz CT molecular complexity index is 718. The third-order valence-corrected chi connectivity index (χ3v) is 4.28. The van der Waals surface area contributed by atoms with Crippen LogP contribution in [0, 0.1) is 0 Å². The second-order valence-electron chi connectivity index (χ2n) is 6.29. The van der Waals surface area contributed by atoms with Crippen LogP contribution in [0.15, 0.2) is 36.5 Å². The Morgan fingerprint density at radius 1 is 1.22 bits per heavy atom. The smallest absolute Gasteiger partial charge is 0.215 e. The van der Waals surface area contributed by atoms with Crippen LogP contribution in [0.2, 0.25) is 0 Å². The van der Waals surface area contributed by atoms with Gasteiger partial charge in [-0.15, -0.1) is 0 Å². The lowest BCUT2D eigenvalue weighted by atomic mass is 9.91. The Balaban J connectivity index is 1.83. The highest BCUT2D eigenvalue weighted by molar-refractivity contribution is 6.10. The maximum absolute atomic E-state index is 12.6. The maximum atomic E-state index is 12.6. The molecule has 0 radical (unpaired) electrons. The third-order valence-electron chi connectivity index (χ3n) is 4.28. The highest BCUT2D eigenvalue weighted by Crippen LogP contribution is 2.23. The number of aromatic nitrogens is 2. The van der Waals surface area contributed by atoms with Gasteiger partial charge in [0.15, 0.2) is 0 Å². The Morgan fingerprint density at radius 2 is 1.96 bits per heavy atom. The summed E-state index contributed by atoms with van der Waals surface area (Å²) in [7, 11) is 0. The summed E-state index contributed by atoms with van der Waals surface area (Å²) >= 11 is 0. The van der Waals surface area contributed by atoms with Gasteiger partial charge in [0.25, 0.3) is 0 Å². The number of pyridine rings is 2. The molecule has 0 bridgehead atoms. The van der Waals surface area contributed by atoms with Gasteiger partial charge in [-0.1, -0.05) is 6.07 Å². The first-order valence-electron chi connectivity index (χ1n) is 7.72. The molecule has 0 atom stereocenters. The summed E-state index contributed by atoms with van der Waals surface area (Å²) in [5, 5.41) is 0. The van der Waals surface area contributed by atoms with E-state index < -0.39 is 0 Å². The van der Waals surface area contributed by atoms with Crippen molar-refractivity contribution in [2.24, 2.45) is 5.73 Å². The molecule has 1 aliphatic rings. The van der Waals surface area contributed by atoms with Gasteiger partial charge in [-0.05, 0) is 44.0 Å². The maximum Gasteiger partial charge on any atom is 0.215 e. The molecule has 2 aromatic heterocycles. The standard InChI is InChI=1S/C17H21N5O/c1-17(19)7-10-22(11-8-17)14-6-2-5-13(21-14)15(23)12-4-3-9-20-16(12)18/h2-6,9H,7-8,10-11,19H2,1H3,(H2,18,20). The van der Waals surface area contributed by atoms with Crippen molar-refractivity contribution < 1.29 is 4.79 Å². The predicted octanol–water partition coefficient (Wildman–Crippen LogP) is 1.61. The van der Waals surface area contributed by atoms with Crippen LogP contribution in [0.4, 0.5) is 11.6 Å². The van der Waals surface area contributed by atoms with Crippen LogP contribution < -0.4 is 16.4 Å². The number of nitrogens with two attached hydrogens (primary N) is 2. The van der Waals surface area contributed by atoms with E-state index in [1.54, 1.807) is 24.4 Å². The van der Waals surface area contributed by atoms with Crippen molar-refractivity contribution in [3.8, 4) is 0 Å². The predicted molar refractivity (Wildman–Crippen MR) is 90.4 cm³/mol. The molecule has 3 heterocycles. The van der Waals surface area contributed by atoms with E-state index in [2.05, 4.69) is 21.8 Å². The van der Waals surface area contributed by atoms with Crippen LogP contribution in [-0.4, -0.2) is 34.4 Å². The van der Waals surface area contributed by atoms with Crippen molar-refractivity contribution in [2.45, 2.75) is 25.3 Å². The Labute approximate surface area is 135 Å². The summed E-state index contributed by atoms with van der Waals surface area (Å²) < 4.78 is 0. The normalized spacial score (nSPS) is 17.0. The van der Waals surface area contributed by atoms with Gasteiger partial charge in [0.2, 0.25) is 5.78 Å². The summed E-state index contributed by atoms with van der Waals surface area (Å²) in [6.07, 6.45) is 3.37. The monoisotopic (exact) mass is 311 g/mol. The van der Waals surface area contributed by atoms with E-state index >= 15 is 0 Å². The number of hydrogen-bond donors (Lipinski definition) is 2. The molecule has 120 valence electrons. The van der Waals surface area contributed by atoms with Crippen molar-refractivity contribution in [2.75, 3.05) is 23.7 Å². The lowest BCUT2D eigenvalue weighted by Gasteiger charge is -2.37. The largest absolute Gasteiger partial charge is 0.383 e. The van der Waals surface area contributed by atoms with Gasteiger partial charge in [-0.3, -0.25) is 4.79 Å². The molecule has 0 spiro atoms. The zero-order valence-electron chi connectivity index (χ0n) is 13.2. The van der Waals surface area contributed by atoms with Crippen molar-refractivity contribution in [3.05, 3.63) is 47.8 Å². The molecule has 1 fully saturated rings. The summed E-state index contributed by atoms with van der Waals surface area (Å²) in [5.74, 6) is 0.813. The van der Waals surface area contributed by atoms with E-state index in [0.29, 0.717) is 11.3 Å². The number of carbonyl (C=O) groups is 1. The van der Waals surface area contributed by atoms with Crippen molar-refractivity contribution >= 4 is 17.4 Å². The molecule has 0 saturated carbocycles. The zero-order chi connectivity index (χ0) is 16.4. The number of anilines is 2. The molecule has 6 nitrogen and oxygen atoms in total. The molecule has 4 N–H and O–H groups in total. The van der Waals surface area contributed by atoms with Crippen LogP contribution in [0.25, 0.3) is 0 Å². The van der Waals surface area contributed by atoms with Gasteiger partial charge >= 0.3 is 0 Å². The lowest BCUT2D eigenvalue weighted by Crippen LogP contribution is -2.48. The molecule has 0 aromatic carbocycles. The number of ketones is 1. The number of nitrogen functional groups attached to an aromatic ring is 1. The molecule has 3 rings (SSSR count). The van der Waals surface area contributed by atoms with E-state index in [1.807, 2.05) is 12.1 Å². The minimum absolute atomic E-state index is 0.117. The fourth-order valence-corrected chi connectivity index (χ4v) is 2.72. The molecular formula is C17H21N5O. The average molecular weight is 311 g/mol. The highest BCUT2D eigenvalue weighted by atomic mass is 16.1. The van der Waals surface area contributed by atoms with E-state index in [1.165, 1.54) is 0 Å². The fourth-order valence-electron chi connectivity index (χ4n) is 2.72. The summed E-state index contributed by atoms with van der Waals surface area (Å²) in [6.45, 7) is 3.75. The summed E-state index contributed by atoms with van der Waals surface area (Å²) in [4.78, 5) is 23.2. The zero-order valence-corrected chi connectivity index (χ0v) is 13.2. The summed E-state index contributed by atoms with van der Waals surface area (Å²) in [6, 6.07) is 8.83. The SMILES string of the molecule is CC1(N)CCN(c2cccc(C(=O)c3cccnc3N)n2)CC1. The van der Waals surface area contributed by atoms with Gasteiger partial charge < -0.3 is 16.4 Å². The highest BCUT2D eigenvalue weighted by Gasteiger charge is 2.26. The number of rotatable bonds is 3. The lowest BCUT2D eigenvalue weighted by molar-refractivity contribution is 0.103. The molecule has 23 heavy (non-hydrogen) atoms. The van der Waals surface area contributed by atoms with E-state index in [0.717, 1.165) is 31.7 Å². The average Bonchev–Trinajstić information content (AvgIpc) is 2.55. The molecule has 0 aliphatic carbocycles. The van der Waals surface area contributed by atoms with Crippen LogP contribution in [0.3, 0.4) is 0 Å². The van der Waals surface area contributed by atoms with E-state index in [-0.39, 0.29) is 17.1 Å². The second-order valence-corrected chi connectivity index (χ2v) is 6.29. The minimum atomic E-state index is -0.210. The quantitative estimate of drug-likeness (QED) is 0.836. The van der Waals surface area contributed by atoms with E-state index in [4.69, 9.17) is 11.5 Å². The fraction of sp³-hybridized carbons (Fsp3) is 0.353. The second kappa shape index (κ2) is 5.96. The minimum Gasteiger partial charge on any atom is -0.383 e. The molecule has 0 amide bonds. The van der Waals surface area contributed by atoms with Gasteiger partial charge in [-0.2, -0.15) is 0 Å². The molecule has 0 unspecified atom stereocenters. The molecule has 1 saturated heterocycles. The molecule has 2 aromatic rings. The van der Waals surface area contributed by atoms with E-state index in [9.17, 15) is 4.79 Å². The van der Waals surface area contributed by atoms with Crippen molar-refractivity contribution in [1.29, 1.82) is 0 Å². The first kappa shape index (κ1) is 15.4. The summed E-state index contributed by atoms with van der Waals surface area (Å²) in [5.41, 5.74) is 12.6. The van der Waals surface area contributed by atoms with Gasteiger partial charge in [0, 0.05) is 24.8 Å². The first-order chi connectivity index (χ1) is 11.0. The first-order valence-corrected chi connectivity index (χ1v) is 7.72. The Kier molecular flexibility index (Phi) is 4.00. The van der Waals surface area contributed by atoms with Gasteiger partial charge in [0.05, 0.1) is 5.56 Å². The van der Waals surface area contributed by atoms with Gasteiger partial charge in [0.1, 0.15) is 17.3 Å². The number of piperidine rings is 1. The third kappa shape index (κ3) is 3.32. The molecule has 6 heteroatoms. The molecule has 1 aliphatic heterocycles. The van der Waals surface area contributed by atoms with Crippen LogP contribution in [0.5, 0.6) is 0 Å². The van der Waals surface area contributed by atoms with Gasteiger partial charge in [-0.25, -0.2) is 9.97 Å². The van der Waals surface area contributed by atoms with Crippen LogP contribution in [0.1, 0.15) is 35.8 Å². The van der Waals surface area contributed by atoms with Crippen molar-refractivity contribution in [1.82, 2.24) is 9.97 Å². The Morgan fingerprint density at radius 3 is 2.65 bits per heavy atom. The van der Waals surface area contributed by atoms with Crippen LogP contribution >= 0.6 is 0 Å².